The molecule has 0 aliphatic carbocycles. The Morgan fingerprint density at radius 3 is 2.71 bits per heavy atom. The van der Waals surface area contributed by atoms with Crippen molar-refractivity contribution in [1.82, 2.24) is 5.32 Å². The molecule has 4 heteroatoms. The third kappa shape index (κ3) is 3.82. The lowest BCUT2D eigenvalue weighted by Gasteiger charge is -2.25. The van der Waals surface area contributed by atoms with Gasteiger partial charge in [-0.2, -0.15) is 0 Å². The standard InChI is InChI=1S/C13H19FN2O/c1-9-4-5-11(14)10(8-9)12(17)16-13(2,3)6-7-15/h4-5,8H,6-7,15H2,1-3H3,(H,16,17). The number of aryl methyl sites for hydroxylation is 1. The van der Waals surface area contributed by atoms with Gasteiger partial charge in [0, 0.05) is 5.54 Å². The van der Waals surface area contributed by atoms with Crippen molar-refractivity contribution in [2.75, 3.05) is 6.54 Å². The quantitative estimate of drug-likeness (QED) is 0.842. The summed E-state index contributed by atoms with van der Waals surface area (Å²) in [6.45, 7) is 6.03. The zero-order valence-electron chi connectivity index (χ0n) is 10.5. The van der Waals surface area contributed by atoms with E-state index in [2.05, 4.69) is 5.32 Å². The van der Waals surface area contributed by atoms with E-state index < -0.39 is 17.3 Å². The van der Waals surface area contributed by atoms with E-state index in [4.69, 9.17) is 5.73 Å². The highest BCUT2D eigenvalue weighted by atomic mass is 19.1. The fraction of sp³-hybridized carbons (Fsp3) is 0.462. The van der Waals surface area contributed by atoms with Crippen LogP contribution in [-0.4, -0.2) is 18.0 Å². The second kappa shape index (κ2) is 5.27. The summed E-state index contributed by atoms with van der Waals surface area (Å²) < 4.78 is 13.5. The van der Waals surface area contributed by atoms with Gasteiger partial charge in [-0.25, -0.2) is 4.39 Å². The minimum absolute atomic E-state index is 0.0788. The number of hydrogen-bond donors (Lipinski definition) is 2. The van der Waals surface area contributed by atoms with Gasteiger partial charge in [0.1, 0.15) is 5.82 Å². The lowest BCUT2D eigenvalue weighted by molar-refractivity contribution is 0.0906. The largest absolute Gasteiger partial charge is 0.347 e. The summed E-state index contributed by atoms with van der Waals surface area (Å²) in [6.07, 6.45) is 0.645. The molecule has 17 heavy (non-hydrogen) atoms. The molecule has 3 N–H and O–H groups in total. The average molecular weight is 238 g/mol. The van der Waals surface area contributed by atoms with Crippen LogP contribution in [0.25, 0.3) is 0 Å². The van der Waals surface area contributed by atoms with E-state index in [1.54, 1.807) is 12.1 Å². The van der Waals surface area contributed by atoms with E-state index in [1.165, 1.54) is 6.07 Å². The minimum atomic E-state index is -0.503. The smallest absolute Gasteiger partial charge is 0.254 e. The Bertz CT molecular complexity index is 416. The van der Waals surface area contributed by atoms with Crippen LogP contribution in [-0.2, 0) is 0 Å². The second-order valence-electron chi connectivity index (χ2n) is 4.86. The Morgan fingerprint density at radius 2 is 2.12 bits per heavy atom. The van der Waals surface area contributed by atoms with Gasteiger partial charge >= 0.3 is 0 Å². The molecule has 0 aliphatic rings. The van der Waals surface area contributed by atoms with Crippen LogP contribution < -0.4 is 11.1 Å². The van der Waals surface area contributed by atoms with Gasteiger partial charge in [-0.3, -0.25) is 4.79 Å². The molecule has 0 bridgehead atoms. The number of halogens is 1. The highest BCUT2D eigenvalue weighted by Gasteiger charge is 2.21. The normalized spacial score (nSPS) is 11.4. The van der Waals surface area contributed by atoms with Crippen LogP contribution >= 0.6 is 0 Å². The average Bonchev–Trinajstić information content (AvgIpc) is 2.20. The zero-order valence-corrected chi connectivity index (χ0v) is 10.5. The van der Waals surface area contributed by atoms with Gasteiger partial charge in [0.15, 0.2) is 0 Å². The second-order valence-corrected chi connectivity index (χ2v) is 4.86. The Morgan fingerprint density at radius 1 is 1.47 bits per heavy atom. The number of benzene rings is 1. The van der Waals surface area contributed by atoms with Crippen LogP contribution in [0.1, 0.15) is 36.2 Å². The summed E-state index contributed by atoms with van der Waals surface area (Å²) in [4.78, 5) is 11.9. The van der Waals surface area contributed by atoms with Gasteiger partial charge < -0.3 is 11.1 Å². The van der Waals surface area contributed by atoms with Crippen molar-refractivity contribution in [1.29, 1.82) is 0 Å². The number of carbonyl (C=O) groups excluding carboxylic acids is 1. The lowest BCUT2D eigenvalue weighted by Crippen LogP contribution is -2.45. The molecule has 1 amide bonds. The maximum absolute atomic E-state index is 13.5. The van der Waals surface area contributed by atoms with Crippen LogP contribution in [0, 0.1) is 12.7 Å². The number of rotatable bonds is 4. The van der Waals surface area contributed by atoms with Gasteiger partial charge in [-0.05, 0) is 45.9 Å². The van der Waals surface area contributed by atoms with Gasteiger partial charge in [0.05, 0.1) is 5.56 Å². The number of amides is 1. The first kappa shape index (κ1) is 13.6. The molecule has 0 atom stereocenters. The molecule has 0 saturated heterocycles. The van der Waals surface area contributed by atoms with Crippen LogP contribution in [0.3, 0.4) is 0 Å². The van der Waals surface area contributed by atoms with E-state index in [0.717, 1.165) is 5.56 Å². The molecular formula is C13H19FN2O. The molecule has 0 aromatic heterocycles. The number of nitrogens with one attached hydrogen (secondary N) is 1. The summed E-state index contributed by atoms with van der Waals surface area (Å²) >= 11 is 0. The van der Waals surface area contributed by atoms with Crippen LogP contribution in [0.15, 0.2) is 18.2 Å². The molecule has 0 heterocycles. The van der Waals surface area contributed by atoms with Crippen LogP contribution in [0.5, 0.6) is 0 Å². The highest BCUT2D eigenvalue weighted by molar-refractivity contribution is 5.95. The van der Waals surface area contributed by atoms with E-state index in [9.17, 15) is 9.18 Å². The third-order valence-electron chi connectivity index (χ3n) is 2.59. The molecular weight excluding hydrogens is 219 g/mol. The number of carbonyl (C=O) groups is 1. The maximum atomic E-state index is 13.5. The number of hydrogen-bond acceptors (Lipinski definition) is 2. The Labute approximate surface area is 101 Å². The van der Waals surface area contributed by atoms with Gasteiger partial charge in [-0.1, -0.05) is 11.6 Å². The van der Waals surface area contributed by atoms with Gasteiger partial charge in [0.25, 0.3) is 5.91 Å². The Balaban J connectivity index is 2.86. The van der Waals surface area contributed by atoms with Crippen molar-refractivity contribution < 1.29 is 9.18 Å². The topological polar surface area (TPSA) is 55.1 Å². The minimum Gasteiger partial charge on any atom is -0.347 e. The molecule has 0 spiro atoms. The molecule has 1 aromatic rings. The van der Waals surface area contributed by atoms with Crippen molar-refractivity contribution in [3.8, 4) is 0 Å². The predicted molar refractivity (Wildman–Crippen MR) is 66.4 cm³/mol. The maximum Gasteiger partial charge on any atom is 0.254 e. The molecule has 3 nitrogen and oxygen atoms in total. The van der Waals surface area contributed by atoms with Crippen molar-refractivity contribution in [3.05, 3.63) is 35.1 Å². The first-order chi connectivity index (χ1) is 7.85. The monoisotopic (exact) mass is 238 g/mol. The summed E-state index contributed by atoms with van der Waals surface area (Å²) in [5.41, 5.74) is 5.96. The zero-order chi connectivity index (χ0) is 13.1. The van der Waals surface area contributed by atoms with Crippen molar-refractivity contribution in [3.63, 3.8) is 0 Å². The van der Waals surface area contributed by atoms with Gasteiger partial charge in [-0.15, -0.1) is 0 Å². The van der Waals surface area contributed by atoms with E-state index in [-0.39, 0.29) is 5.56 Å². The molecule has 0 fully saturated rings. The van der Waals surface area contributed by atoms with E-state index in [1.807, 2.05) is 20.8 Å². The fourth-order valence-electron chi connectivity index (χ4n) is 1.61. The summed E-state index contributed by atoms with van der Waals surface area (Å²) in [5.74, 6) is -0.902. The Hall–Kier alpha value is -1.42. The van der Waals surface area contributed by atoms with E-state index in [0.29, 0.717) is 13.0 Å². The van der Waals surface area contributed by atoms with Crippen molar-refractivity contribution >= 4 is 5.91 Å². The molecule has 0 radical (unpaired) electrons. The summed E-state index contributed by atoms with van der Waals surface area (Å²) in [7, 11) is 0. The molecule has 0 aliphatic heterocycles. The fourth-order valence-corrected chi connectivity index (χ4v) is 1.61. The molecule has 94 valence electrons. The third-order valence-corrected chi connectivity index (χ3v) is 2.59. The SMILES string of the molecule is Cc1ccc(F)c(C(=O)NC(C)(C)CCN)c1. The first-order valence-electron chi connectivity index (χ1n) is 5.64. The van der Waals surface area contributed by atoms with E-state index >= 15 is 0 Å². The molecule has 1 aromatic carbocycles. The summed E-state index contributed by atoms with van der Waals surface area (Å²) in [5, 5.41) is 2.78. The van der Waals surface area contributed by atoms with Crippen LogP contribution in [0.4, 0.5) is 4.39 Å². The molecule has 0 saturated carbocycles. The van der Waals surface area contributed by atoms with Crippen LogP contribution in [0.2, 0.25) is 0 Å². The lowest BCUT2D eigenvalue weighted by atomic mass is 9.99. The summed E-state index contributed by atoms with van der Waals surface area (Å²) in [6, 6.07) is 4.49. The first-order valence-corrected chi connectivity index (χ1v) is 5.64. The molecule has 0 unspecified atom stereocenters. The van der Waals surface area contributed by atoms with Gasteiger partial charge in [0.2, 0.25) is 0 Å². The highest BCUT2D eigenvalue weighted by Crippen LogP contribution is 2.13. The van der Waals surface area contributed by atoms with Crippen molar-refractivity contribution in [2.45, 2.75) is 32.7 Å². The van der Waals surface area contributed by atoms with Crippen molar-refractivity contribution in [2.24, 2.45) is 5.73 Å². The predicted octanol–water partition coefficient (Wildman–Crippen LogP) is 1.99. The molecule has 1 rings (SSSR count). The Kier molecular flexibility index (Phi) is 4.23. The number of nitrogens with two attached hydrogens (primary N) is 1.